The first kappa shape index (κ1) is 16.6. The normalized spacial score (nSPS) is 10.3. The highest BCUT2D eigenvalue weighted by Gasteiger charge is 2.10. The molecule has 1 aromatic heterocycles. The highest BCUT2D eigenvalue weighted by molar-refractivity contribution is 5.99. The van der Waals surface area contributed by atoms with E-state index in [1.807, 2.05) is 55.5 Å². The lowest BCUT2D eigenvalue weighted by Gasteiger charge is -2.11. The number of benzene rings is 2. The molecule has 0 atom stereocenters. The average Bonchev–Trinajstić information content (AvgIpc) is 2.94. The smallest absolute Gasteiger partial charge is 0.324 e. The van der Waals surface area contributed by atoms with Gasteiger partial charge in [-0.15, -0.1) is 0 Å². The van der Waals surface area contributed by atoms with Crippen LogP contribution in [0.3, 0.4) is 0 Å². The molecular formula is C19H20N4O2. The number of aryl methyl sites for hydroxylation is 1. The third kappa shape index (κ3) is 4.38. The van der Waals surface area contributed by atoms with E-state index >= 15 is 0 Å². The molecule has 0 saturated carbocycles. The molecule has 2 amide bonds. The van der Waals surface area contributed by atoms with Gasteiger partial charge in [0.1, 0.15) is 11.6 Å². The van der Waals surface area contributed by atoms with Crippen molar-refractivity contribution in [2.45, 2.75) is 13.5 Å². The highest BCUT2D eigenvalue weighted by atomic mass is 16.5. The topological polar surface area (TPSA) is 68.2 Å². The van der Waals surface area contributed by atoms with Gasteiger partial charge >= 0.3 is 6.03 Å². The van der Waals surface area contributed by atoms with Crippen molar-refractivity contribution in [1.29, 1.82) is 0 Å². The lowest BCUT2D eigenvalue weighted by Crippen LogP contribution is -2.21. The Morgan fingerprint density at radius 1 is 1.08 bits per heavy atom. The Kier molecular flexibility index (Phi) is 4.99. The standard InChI is InChI=1S/C19H20N4O2/c1-14-11-18(23(22-14)13-15-7-4-3-5-8-15)21-19(24)20-16-9-6-10-17(12-16)25-2/h3-12H,13H2,1-2H3,(H2,20,21,24). The third-order valence-electron chi connectivity index (χ3n) is 3.65. The number of carbonyl (C=O) groups excluding carboxylic acids is 1. The monoisotopic (exact) mass is 336 g/mol. The predicted molar refractivity (Wildman–Crippen MR) is 98.1 cm³/mol. The van der Waals surface area contributed by atoms with Gasteiger partial charge in [0.05, 0.1) is 19.3 Å². The van der Waals surface area contributed by atoms with E-state index in [0.717, 1.165) is 11.3 Å². The van der Waals surface area contributed by atoms with Crippen molar-refractivity contribution in [2.75, 3.05) is 17.7 Å². The molecule has 3 rings (SSSR count). The number of nitrogens with zero attached hydrogens (tertiary/aromatic N) is 2. The quantitative estimate of drug-likeness (QED) is 0.743. The Hall–Kier alpha value is -3.28. The molecule has 6 heteroatoms. The van der Waals surface area contributed by atoms with Gasteiger partial charge < -0.3 is 10.1 Å². The van der Waals surface area contributed by atoms with Gasteiger partial charge in [0, 0.05) is 17.8 Å². The zero-order valence-electron chi connectivity index (χ0n) is 14.2. The fraction of sp³-hybridized carbons (Fsp3) is 0.158. The predicted octanol–water partition coefficient (Wildman–Crippen LogP) is 3.89. The molecule has 0 radical (unpaired) electrons. The first-order valence-corrected chi connectivity index (χ1v) is 7.94. The van der Waals surface area contributed by atoms with Crippen molar-refractivity contribution in [2.24, 2.45) is 0 Å². The Bertz CT molecular complexity index is 859. The van der Waals surface area contributed by atoms with Crippen LogP contribution in [0.15, 0.2) is 60.7 Å². The maximum absolute atomic E-state index is 12.3. The molecule has 0 unspecified atom stereocenters. The minimum Gasteiger partial charge on any atom is -0.497 e. The number of hydrogen-bond acceptors (Lipinski definition) is 3. The zero-order chi connectivity index (χ0) is 17.6. The van der Waals surface area contributed by atoms with Crippen LogP contribution in [0, 0.1) is 6.92 Å². The summed E-state index contributed by atoms with van der Waals surface area (Å²) in [7, 11) is 1.59. The molecule has 0 aliphatic carbocycles. The largest absolute Gasteiger partial charge is 0.497 e. The van der Waals surface area contributed by atoms with Crippen LogP contribution in [0.2, 0.25) is 0 Å². The maximum atomic E-state index is 12.3. The lowest BCUT2D eigenvalue weighted by atomic mass is 10.2. The second kappa shape index (κ2) is 7.53. The fourth-order valence-electron chi connectivity index (χ4n) is 2.50. The van der Waals surface area contributed by atoms with Crippen LogP contribution in [-0.2, 0) is 6.54 Å². The first-order valence-electron chi connectivity index (χ1n) is 7.94. The first-order chi connectivity index (χ1) is 12.1. The minimum absolute atomic E-state index is 0.331. The Labute approximate surface area is 146 Å². The van der Waals surface area contributed by atoms with Crippen LogP contribution in [0.5, 0.6) is 5.75 Å². The van der Waals surface area contributed by atoms with E-state index in [1.165, 1.54) is 0 Å². The Morgan fingerprint density at radius 2 is 1.88 bits per heavy atom. The van der Waals surface area contributed by atoms with E-state index < -0.39 is 0 Å². The summed E-state index contributed by atoms with van der Waals surface area (Å²) < 4.78 is 6.93. The molecular weight excluding hydrogens is 316 g/mol. The number of carbonyl (C=O) groups is 1. The van der Waals surface area contributed by atoms with Gasteiger partial charge in [-0.3, -0.25) is 5.32 Å². The number of aromatic nitrogens is 2. The second-order valence-corrected chi connectivity index (χ2v) is 5.63. The van der Waals surface area contributed by atoms with Crippen molar-refractivity contribution in [3.63, 3.8) is 0 Å². The maximum Gasteiger partial charge on any atom is 0.324 e. The van der Waals surface area contributed by atoms with Gasteiger partial charge in [-0.1, -0.05) is 36.4 Å². The minimum atomic E-state index is -0.331. The van der Waals surface area contributed by atoms with E-state index in [-0.39, 0.29) is 6.03 Å². The van der Waals surface area contributed by atoms with E-state index in [2.05, 4.69) is 15.7 Å². The summed E-state index contributed by atoms with van der Waals surface area (Å²) in [6.45, 7) is 2.48. The highest BCUT2D eigenvalue weighted by Crippen LogP contribution is 2.18. The number of urea groups is 1. The lowest BCUT2D eigenvalue weighted by molar-refractivity contribution is 0.262. The molecule has 0 aliphatic heterocycles. The van der Waals surface area contributed by atoms with Crippen molar-refractivity contribution in [3.05, 3.63) is 71.9 Å². The molecule has 1 heterocycles. The van der Waals surface area contributed by atoms with Crippen molar-refractivity contribution in [3.8, 4) is 5.75 Å². The summed E-state index contributed by atoms with van der Waals surface area (Å²) in [5.41, 5.74) is 2.61. The van der Waals surface area contributed by atoms with Crippen LogP contribution in [0.4, 0.5) is 16.3 Å². The SMILES string of the molecule is COc1cccc(NC(=O)Nc2cc(C)nn2Cc2ccccc2)c1. The number of ether oxygens (including phenoxy) is 1. The molecule has 3 aromatic rings. The zero-order valence-corrected chi connectivity index (χ0v) is 14.2. The summed E-state index contributed by atoms with van der Waals surface area (Å²) in [6, 6.07) is 18.7. The number of nitrogens with one attached hydrogen (secondary N) is 2. The molecule has 2 aromatic carbocycles. The summed E-state index contributed by atoms with van der Waals surface area (Å²) in [4.78, 5) is 12.3. The van der Waals surface area contributed by atoms with Crippen LogP contribution in [-0.4, -0.2) is 22.9 Å². The molecule has 0 fully saturated rings. The van der Waals surface area contributed by atoms with Crippen molar-refractivity contribution >= 4 is 17.5 Å². The molecule has 2 N–H and O–H groups in total. The Morgan fingerprint density at radius 3 is 2.64 bits per heavy atom. The van der Waals surface area contributed by atoms with Crippen molar-refractivity contribution < 1.29 is 9.53 Å². The number of anilines is 2. The van der Waals surface area contributed by atoms with Crippen LogP contribution < -0.4 is 15.4 Å². The van der Waals surface area contributed by atoms with Gasteiger partial charge in [0.2, 0.25) is 0 Å². The molecule has 0 spiro atoms. The Balaban J connectivity index is 1.70. The summed E-state index contributed by atoms with van der Waals surface area (Å²) >= 11 is 0. The number of methoxy groups -OCH3 is 1. The molecule has 25 heavy (non-hydrogen) atoms. The molecule has 0 saturated heterocycles. The summed E-state index contributed by atoms with van der Waals surface area (Å²) in [6.07, 6.45) is 0. The molecule has 0 bridgehead atoms. The van der Waals surface area contributed by atoms with Crippen LogP contribution >= 0.6 is 0 Å². The van der Waals surface area contributed by atoms with Gasteiger partial charge in [-0.25, -0.2) is 9.48 Å². The van der Waals surface area contributed by atoms with E-state index in [1.54, 1.807) is 23.9 Å². The molecule has 128 valence electrons. The summed E-state index contributed by atoms with van der Waals surface area (Å²) in [5, 5.41) is 10.1. The average molecular weight is 336 g/mol. The fourth-order valence-corrected chi connectivity index (χ4v) is 2.50. The number of rotatable bonds is 5. The van der Waals surface area contributed by atoms with Crippen LogP contribution in [0.1, 0.15) is 11.3 Å². The van der Waals surface area contributed by atoms with E-state index in [0.29, 0.717) is 23.8 Å². The van der Waals surface area contributed by atoms with Gasteiger partial charge in [0.15, 0.2) is 0 Å². The van der Waals surface area contributed by atoms with Gasteiger partial charge in [-0.05, 0) is 24.6 Å². The van der Waals surface area contributed by atoms with Gasteiger partial charge in [-0.2, -0.15) is 5.10 Å². The van der Waals surface area contributed by atoms with Gasteiger partial charge in [0.25, 0.3) is 0 Å². The molecule has 6 nitrogen and oxygen atoms in total. The van der Waals surface area contributed by atoms with Crippen LogP contribution in [0.25, 0.3) is 0 Å². The number of amides is 2. The third-order valence-corrected chi connectivity index (χ3v) is 3.65. The molecule has 0 aliphatic rings. The van der Waals surface area contributed by atoms with Crippen molar-refractivity contribution in [1.82, 2.24) is 9.78 Å². The number of hydrogen-bond donors (Lipinski definition) is 2. The van der Waals surface area contributed by atoms with E-state index in [4.69, 9.17) is 4.74 Å². The second-order valence-electron chi connectivity index (χ2n) is 5.63. The summed E-state index contributed by atoms with van der Waals surface area (Å²) in [5.74, 6) is 1.32. The van der Waals surface area contributed by atoms with E-state index in [9.17, 15) is 4.79 Å².